The molecule has 0 saturated carbocycles. The standard InChI is InChI=1S/C23H30.Zr/c1-7-22(3,4)20-13-9-18(10-14-20)17-19-11-15-21(16-12-19)23(5,6)8-2;/h9-16H,7-8H2,1-6H3;/q;+2. The Bertz CT molecular complexity index is 626. The topological polar surface area (TPSA) is 0 Å². The van der Waals surface area contributed by atoms with E-state index < -0.39 is 0 Å². The molecule has 0 spiro atoms. The second kappa shape index (κ2) is 7.61. The van der Waals surface area contributed by atoms with Crippen molar-refractivity contribution in [1.29, 1.82) is 0 Å². The first-order valence-electron chi connectivity index (χ1n) is 9.01. The zero-order valence-corrected chi connectivity index (χ0v) is 18.5. The second-order valence-corrected chi connectivity index (χ2v) is 9.23. The third-order valence-electron chi connectivity index (χ3n) is 5.68. The molecule has 0 aromatic heterocycles. The summed E-state index contributed by atoms with van der Waals surface area (Å²) in [4.78, 5) is 0. The molecule has 0 saturated heterocycles. The van der Waals surface area contributed by atoms with Crippen molar-refractivity contribution >= 4 is 3.21 Å². The van der Waals surface area contributed by atoms with Crippen molar-refractivity contribution < 1.29 is 24.2 Å². The number of hydrogen-bond acceptors (Lipinski definition) is 0. The molecule has 0 atom stereocenters. The summed E-state index contributed by atoms with van der Waals surface area (Å²) in [7, 11) is 0. The molecule has 0 unspecified atom stereocenters. The van der Waals surface area contributed by atoms with Crippen LogP contribution in [0.25, 0.3) is 0 Å². The first kappa shape index (κ1) is 19.5. The van der Waals surface area contributed by atoms with E-state index in [1.54, 1.807) is 0 Å². The summed E-state index contributed by atoms with van der Waals surface area (Å²) in [6.07, 6.45) is 2.32. The number of rotatable bonds is 6. The van der Waals surface area contributed by atoms with Gasteiger partial charge in [-0.05, 0) is 0 Å². The van der Waals surface area contributed by atoms with E-state index in [0.29, 0.717) is 0 Å². The predicted octanol–water partition coefficient (Wildman–Crippen LogP) is 6.18. The zero-order chi connectivity index (χ0) is 18.0. The summed E-state index contributed by atoms with van der Waals surface area (Å²) in [6.45, 7) is 13.8. The van der Waals surface area contributed by atoms with Crippen molar-refractivity contribution in [2.24, 2.45) is 0 Å². The molecule has 0 N–H and O–H groups in total. The van der Waals surface area contributed by atoms with E-state index >= 15 is 0 Å². The molecule has 24 heavy (non-hydrogen) atoms. The molecule has 0 nitrogen and oxygen atoms in total. The fourth-order valence-corrected chi connectivity index (χ4v) is 3.57. The van der Waals surface area contributed by atoms with Crippen LogP contribution in [0.4, 0.5) is 0 Å². The summed E-state index contributed by atoms with van der Waals surface area (Å²) in [6, 6.07) is 18.4. The van der Waals surface area contributed by atoms with Crippen LogP contribution in [0.15, 0.2) is 48.5 Å². The molecule has 0 aliphatic rings. The number of hydrogen-bond donors (Lipinski definition) is 0. The average molecular weight is 398 g/mol. The number of benzene rings is 2. The van der Waals surface area contributed by atoms with E-state index in [1.165, 1.54) is 49.7 Å². The molecule has 0 heterocycles. The molecule has 2 aromatic rings. The van der Waals surface area contributed by atoms with Gasteiger partial charge in [-0.3, -0.25) is 0 Å². The van der Waals surface area contributed by atoms with Gasteiger partial charge in [-0.25, -0.2) is 0 Å². The SMILES string of the molecule is CCC(C)(C)c1ccc([C](=[Zr+2])c2ccc(C(C)(C)CC)cc2)cc1. The summed E-state index contributed by atoms with van der Waals surface area (Å²) < 4.78 is 1.43. The van der Waals surface area contributed by atoms with Crippen molar-refractivity contribution in [3.05, 3.63) is 70.8 Å². The van der Waals surface area contributed by atoms with E-state index in [2.05, 4.69) is 90.1 Å². The van der Waals surface area contributed by atoms with Gasteiger partial charge in [-0.15, -0.1) is 0 Å². The fourth-order valence-electron chi connectivity index (χ4n) is 2.75. The minimum atomic E-state index is 0.257. The van der Waals surface area contributed by atoms with Gasteiger partial charge in [0.2, 0.25) is 0 Å². The fraction of sp³-hybridized carbons (Fsp3) is 0.435. The molecule has 0 radical (unpaired) electrons. The van der Waals surface area contributed by atoms with Gasteiger partial charge in [0, 0.05) is 0 Å². The van der Waals surface area contributed by atoms with Crippen molar-refractivity contribution in [1.82, 2.24) is 0 Å². The maximum absolute atomic E-state index is 2.32. The summed E-state index contributed by atoms with van der Waals surface area (Å²) in [5.74, 6) is 0. The quantitative estimate of drug-likeness (QED) is 0.546. The van der Waals surface area contributed by atoms with E-state index in [9.17, 15) is 0 Å². The zero-order valence-electron chi connectivity index (χ0n) is 16.0. The van der Waals surface area contributed by atoms with Gasteiger partial charge in [0.15, 0.2) is 0 Å². The molecule has 124 valence electrons. The van der Waals surface area contributed by atoms with Gasteiger partial charge in [-0.2, -0.15) is 0 Å². The Balaban J connectivity index is 2.23. The van der Waals surface area contributed by atoms with Gasteiger partial charge < -0.3 is 0 Å². The third kappa shape index (κ3) is 4.23. The van der Waals surface area contributed by atoms with Gasteiger partial charge in [0.25, 0.3) is 0 Å². The molecule has 2 aromatic carbocycles. The van der Waals surface area contributed by atoms with Gasteiger partial charge in [0.1, 0.15) is 0 Å². The second-order valence-electron chi connectivity index (χ2n) is 8.00. The van der Waals surface area contributed by atoms with E-state index in [0.717, 1.165) is 12.8 Å². The molecule has 0 aliphatic heterocycles. The van der Waals surface area contributed by atoms with Crippen LogP contribution in [0.1, 0.15) is 76.6 Å². The summed E-state index contributed by atoms with van der Waals surface area (Å²) >= 11 is 1.47. The normalized spacial score (nSPS) is 12.3. The Labute approximate surface area is 163 Å². The third-order valence-corrected chi connectivity index (χ3v) is 7.10. The Morgan fingerprint density at radius 3 is 1.21 bits per heavy atom. The van der Waals surface area contributed by atoms with Crippen LogP contribution in [0, 0.1) is 0 Å². The van der Waals surface area contributed by atoms with Crippen LogP contribution in [0.3, 0.4) is 0 Å². The molecular weight excluding hydrogens is 367 g/mol. The van der Waals surface area contributed by atoms with Crippen LogP contribution >= 0.6 is 0 Å². The van der Waals surface area contributed by atoms with Crippen LogP contribution in [-0.4, -0.2) is 3.21 Å². The molecule has 0 bridgehead atoms. The summed E-state index contributed by atoms with van der Waals surface area (Å²) in [5.41, 5.74) is 6.08. The van der Waals surface area contributed by atoms with Crippen LogP contribution in [0.5, 0.6) is 0 Å². The van der Waals surface area contributed by atoms with Crippen molar-refractivity contribution in [3.63, 3.8) is 0 Å². The molecule has 0 aliphatic carbocycles. The van der Waals surface area contributed by atoms with E-state index in [4.69, 9.17) is 0 Å². The van der Waals surface area contributed by atoms with Gasteiger partial charge >= 0.3 is 163 Å². The Kier molecular flexibility index (Phi) is 6.19. The predicted molar refractivity (Wildman–Crippen MR) is 103 cm³/mol. The molecule has 0 fully saturated rings. The van der Waals surface area contributed by atoms with Crippen LogP contribution < -0.4 is 0 Å². The molecule has 0 amide bonds. The van der Waals surface area contributed by atoms with E-state index in [1.807, 2.05) is 0 Å². The Morgan fingerprint density at radius 2 is 0.958 bits per heavy atom. The van der Waals surface area contributed by atoms with Crippen LogP contribution in [-0.2, 0) is 35.1 Å². The monoisotopic (exact) mass is 396 g/mol. The Morgan fingerprint density at radius 1 is 0.667 bits per heavy atom. The molecule has 2 rings (SSSR count). The van der Waals surface area contributed by atoms with Crippen molar-refractivity contribution in [2.45, 2.75) is 65.2 Å². The molecular formula is C23H30Zr+2. The van der Waals surface area contributed by atoms with Crippen molar-refractivity contribution in [3.8, 4) is 0 Å². The maximum atomic E-state index is 2.32. The van der Waals surface area contributed by atoms with Gasteiger partial charge in [-0.1, -0.05) is 0 Å². The summed E-state index contributed by atoms with van der Waals surface area (Å²) in [5, 5.41) is 0. The average Bonchev–Trinajstić information content (AvgIpc) is 2.61. The Hall–Kier alpha value is -0.807. The van der Waals surface area contributed by atoms with Crippen molar-refractivity contribution in [2.75, 3.05) is 0 Å². The van der Waals surface area contributed by atoms with E-state index in [-0.39, 0.29) is 10.8 Å². The first-order chi connectivity index (χ1) is 11.2. The van der Waals surface area contributed by atoms with Crippen LogP contribution in [0.2, 0.25) is 0 Å². The van der Waals surface area contributed by atoms with Gasteiger partial charge in [0.05, 0.1) is 0 Å². The minimum absolute atomic E-state index is 0.257. The first-order valence-corrected chi connectivity index (χ1v) is 10.2. The molecule has 1 heteroatoms.